The van der Waals surface area contributed by atoms with E-state index in [2.05, 4.69) is 5.32 Å². The molecule has 1 saturated carbocycles. The average molecular weight is 647 g/mol. The van der Waals surface area contributed by atoms with Gasteiger partial charge in [0, 0.05) is 22.6 Å². The van der Waals surface area contributed by atoms with Crippen LogP contribution in [0.1, 0.15) is 51.0 Å². The molecule has 3 aromatic carbocycles. The minimum Gasteiger partial charge on any atom is -0.495 e. The predicted molar refractivity (Wildman–Crippen MR) is 170 cm³/mol. The minimum absolute atomic E-state index is 0.00966. The van der Waals surface area contributed by atoms with Crippen LogP contribution < -0.4 is 14.4 Å². The van der Waals surface area contributed by atoms with E-state index in [0.717, 1.165) is 36.4 Å². The van der Waals surface area contributed by atoms with Crippen molar-refractivity contribution in [3.8, 4) is 5.75 Å². The number of carbonyl (C=O) groups is 2. The maximum Gasteiger partial charge on any atom is 0.264 e. The SMILES string of the molecule is CC[C@@H](C(=O)NC1CCCCC1)N(Cc1ccccc1Cl)C(=O)CN(c1cc(Cl)ccc1OC)S(=O)(=O)c1ccccc1. The molecule has 0 radical (unpaired) electrons. The molecule has 11 heteroatoms. The molecule has 1 fully saturated rings. The zero-order chi connectivity index (χ0) is 31.0. The van der Waals surface area contributed by atoms with E-state index in [0.29, 0.717) is 17.0 Å². The molecule has 0 saturated heterocycles. The molecule has 43 heavy (non-hydrogen) atoms. The average Bonchev–Trinajstić information content (AvgIpc) is 3.01. The highest BCUT2D eigenvalue weighted by Gasteiger charge is 2.35. The number of sulfonamides is 1. The van der Waals surface area contributed by atoms with Crippen LogP contribution >= 0.6 is 23.2 Å². The second-order valence-electron chi connectivity index (χ2n) is 10.5. The third-order valence-electron chi connectivity index (χ3n) is 7.66. The summed E-state index contributed by atoms with van der Waals surface area (Å²) in [4.78, 5) is 29.4. The smallest absolute Gasteiger partial charge is 0.264 e. The number of amides is 2. The number of anilines is 1. The summed E-state index contributed by atoms with van der Waals surface area (Å²) >= 11 is 12.8. The summed E-state index contributed by atoms with van der Waals surface area (Å²) in [5.41, 5.74) is 0.740. The highest BCUT2D eigenvalue weighted by Crippen LogP contribution is 2.35. The van der Waals surface area contributed by atoms with Gasteiger partial charge >= 0.3 is 0 Å². The number of methoxy groups -OCH3 is 1. The summed E-state index contributed by atoms with van der Waals surface area (Å²) in [5, 5.41) is 3.84. The summed E-state index contributed by atoms with van der Waals surface area (Å²) in [6.45, 7) is 1.24. The van der Waals surface area contributed by atoms with E-state index in [4.69, 9.17) is 27.9 Å². The van der Waals surface area contributed by atoms with Gasteiger partial charge in [-0.15, -0.1) is 0 Å². The largest absolute Gasteiger partial charge is 0.495 e. The Labute approximate surface area is 264 Å². The van der Waals surface area contributed by atoms with Crippen molar-refractivity contribution < 1.29 is 22.7 Å². The summed E-state index contributed by atoms with van der Waals surface area (Å²) < 4.78 is 34.6. The second kappa shape index (κ2) is 14.9. The van der Waals surface area contributed by atoms with Crippen LogP contribution in [-0.2, 0) is 26.2 Å². The number of hydrogen-bond donors (Lipinski definition) is 1. The fourth-order valence-corrected chi connectivity index (χ4v) is 7.16. The first-order valence-corrected chi connectivity index (χ1v) is 16.6. The molecule has 0 bridgehead atoms. The summed E-state index contributed by atoms with van der Waals surface area (Å²) in [6.07, 6.45) is 5.31. The molecular formula is C32H37Cl2N3O5S. The molecule has 4 rings (SSSR count). The van der Waals surface area contributed by atoms with E-state index in [1.165, 1.54) is 30.2 Å². The highest BCUT2D eigenvalue weighted by atomic mass is 35.5. The van der Waals surface area contributed by atoms with Crippen molar-refractivity contribution in [1.29, 1.82) is 0 Å². The molecule has 8 nitrogen and oxygen atoms in total. The summed E-state index contributed by atoms with van der Waals surface area (Å²) in [5.74, 6) is -0.629. The van der Waals surface area contributed by atoms with Crippen LogP contribution in [0.2, 0.25) is 10.0 Å². The van der Waals surface area contributed by atoms with Crippen molar-refractivity contribution in [3.05, 3.63) is 88.4 Å². The van der Waals surface area contributed by atoms with Crippen molar-refractivity contribution >= 4 is 50.7 Å². The van der Waals surface area contributed by atoms with Gasteiger partial charge < -0.3 is 15.0 Å². The van der Waals surface area contributed by atoms with E-state index in [-0.39, 0.29) is 39.8 Å². The van der Waals surface area contributed by atoms with Crippen LogP contribution in [0.5, 0.6) is 5.75 Å². The number of carbonyl (C=O) groups excluding carboxylic acids is 2. The van der Waals surface area contributed by atoms with Gasteiger partial charge in [-0.1, -0.05) is 85.8 Å². The van der Waals surface area contributed by atoms with Gasteiger partial charge in [-0.25, -0.2) is 8.42 Å². The Morgan fingerprint density at radius 1 is 0.977 bits per heavy atom. The van der Waals surface area contributed by atoms with Gasteiger partial charge in [0.15, 0.2) is 0 Å². The van der Waals surface area contributed by atoms with Crippen LogP contribution in [-0.4, -0.2) is 50.9 Å². The number of nitrogens with one attached hydrogen (secondary N) is 1. The summed E-state index contributed by atoms with van der Waals surface area (Å²) in [6, 6.07) is 18.7. The number of halogens is 2. The van der Waals surface area contributed by atoms with Crippen LogP contribution in [0, 0.1) is 0 Å². The van der Waals surface area contributed by atoms with E-state index >= 15 is 0 Å². The fraction of sp³-hybridized carbons (Fsp3) is 0.375. The quantitative estimate of drug-likeness (QED) is 0.244. The van der Waals surface area contributed by atoms with Crippen LogP contribution in [0.3, 0.4) is 0 Å². The third-order valence-corrected chi connectivity index (χ3v) is 10.0. The molecule has 230 valence electrons. The predicted octanol–water partition coefficient (Wildman–Crippen LogP) is 6.45. The van der Waals surface area contributed by atoms with E-state index < -0.39 is 28.5 Å². The Morgan fingerprint density at radius 3 is 2.30 bits per heavy atom. The first-order valence-electron chi connectivity index (χ1n) is 14.4. The molecule has 0 spiro atoms. The molecule has 0 aromatic heterocycles. The molecule has 1 aliphatic rings. The molecule has 0 aliphatic heterocycles. The van der Waals surface area contributed by atoms with E-state index in [1.54, 1.807) is 54.6 Å². The van der Waals surface area contributed by atoms with Crippen LogP contribution in [0.4, 0.5) is 5.69 Å². The van der Waals surface area contributed by atoms with Crippen molar-refractivity contribution in [2.75, 3.05) is 18.0 Å². The monoisotopic (exact) mass is 645 g/mol. The van der Waals surface area contributed by atoms with Crippen LogP contribution in [0.15, 0.2) is 77.7 Å². The maximum atomic E-state index is 14.3. The standard InChI is InChI=1S/C32H37Cl2N3O5S/c1-3-28(32(39)35-25-13-6-4-7-14-25)36(21-23-12-10-11-17-27(23)34)31(38)22-37(29-20-24(33)18-19-30(29)42-2)43(40,41)26-15-8-5-9-16-26/h5,8-12,15-20,25,28H,3-4,6-7,13-14,21-22H2,1-2H3,(H,35,39)/t28-/m0/s1. The number of nitrogens with zero attached hydrogens (tertiary/aromatic N) is 2. The van der Waals surface area contributed by atoms with Crippen molar-refractivity contribution in [1.82, 2.24) is 10.2 Å². The molecule has 1 N–H and O–H groups in total. The molecule has 2 amide bonds. The van der Waals surface area contributed by atoms with E-state index in [9.17, 15) is 18.0 Å². The van der Waals surface area contributed by atoms with Gasteiger partial charge in [0.2, 0.25) is 11.8 Å². The van der Waals surface area contributed by atoms with Gasteiger partial charge in [0.25, 0.3) is 10.0 Å². The first kappa shape index (κ1) is 32.6. The van der Waals surface area contributed by atoms with Gasteiger partial charge in [-0.3, -0.25) is 13.9 Å². The minimum atomic E-state index is -4.27. The zero-order valence-corrected chi connectivity index (χ0v) is 26.7. The number of rotatable bonds is 12. The molecular weight excluding hydrogens is 609 g/mol. The lowest BCUT2D eigenvalue weighted by atomic mass is 9.95. The van der Waals surface area contributed by atoms with Crippen molar-refractivity contribution in [2.24, 2.45) is 0 Å². The Balaban J connectivity index is 1.76. The zero-order valence-electron chi connectivity index (χ0n) is 24.3. The van der Waals surface area contributed by atoms with Gasteiger partial charge in [0.05, 0.1) is 17.7 Å². The second-order valence-corrected chi connectivity index (χ2v) is 13.2. The molecule has 1 atom stereocenters. The molecule has 0 unspecified atom stereocenters. The van der Waals surface area contributed by atoms with Crippen molar-refractivity contribution in [2.45, 2.75) is 69.0 Å². The maximum absolute atomic E-state index is 14.3. The number of hydrogen-bond acceptors (Lipinski definition) is 5. The molecule has 0 heterocycles. The first-order chi connectivity index (χ1) is 20.6. The summed E-state index contributed by atoms with van der Waals surface area (Å²) in [7, 11) is -2.86. The topological polar surface area (TPSA) is 96.0 Å². The lowest BCUT2D eigenvalue weighted by molar-refractivity contribution is -0.140. The van der Waals surface area contributed by atoms with Gasteiger partial charge in [-0.05, 0) is 61.2 Å². The Morgan fingerprint density at radius 2 is 1.65 bits per heavy atom. The van der Waals surface area contributed by atoms with E-state index in [1.807, 2.05) is 6.92 Å². The third kappa shape index (κ3) is 8.02. The Hall–Kier alpha value is -3.27. The number of ether oxygens (including phenoxy) is 1. The lowest BCUT2D eigenvalue weighted by Gasteiger charge is -2.35. The van der Waals surface area contributed by atoms with Gasteiger partial charge in [0.1, 0.15) is 18.3 Å². The molecule has 3 aromatic rings. The molecule has 1 aliphatic carbocycles. The van der Waals surface area contributed by atoms with Crippen molar-refractivity contribution in [3.63, 3.8) is 0 Å². The van der Waals surface area contributed by atoms with Crippen LogP contribution in [0.25, 0.3) is 0 Å². The number of benzene rings is 3. The fourth-order valence-electron chi connectivity index (χ4n) is 5.36. The van der Waals surface area contributed by atoms with Gasteiger partial charge in [-0.2, -0.15) is 0 Å². The Bertz CT molecular complexity index is 1510. The Kier molecular flexibility index (Phi) is 11.3. The lowest BCUT2D eigenvalue weighted by Crippen LogP contribution is -2.54. The highest BCUT2D eigenvalue weighted by molar-refractivity contribution is 7.92. The normalized spacial score (nSPS) is 14.5.